The molecule has 10 heteroatoms. The van der Waals surface area contributed by atoms with Crippen molar-refractivity contribution in [1.82, 2.24) is 24.8 Å². The number of hydrogen-bond donors (Lipinski definition) is 1. The Kier molecular flexibility index (Phi) is 4.51. The number of thiophene rings is 1. The van der Waals surface area contributed by atoms with E-state index in [2.05, 4.69) is 25.6 Å². The summed E-state index contributed by atoms with van der Waals surface area (Å²) in [6, 6.07) is 15.4. The van der Waals surface area contributed by atoms with E-state index in [4.69, 9.17) is 0 Å². The SMILES string of the molecule is O=C(CSc1ccc2nnc(-c3cccs3)n2n1)Nc1nc2ccccc2s1. The number of thiazole rings is 1. The number of carbonyl (C=O) groups is 1. The number of aromatic nitrogens is 5. The predicted octanol–water partition coefficient (Wildman–Crippen LogP) is 4.19. The highest BCUT2D eigenvalue weighted by molar-refractivity contribution is 7.99. The summed E-state index contributed by atoms with van der Waals surface area (Å²) in [6.45, 7) is 0. The van der Waals surface area contributed by atoms with E-state index in [1.807, 2.05) is 53.9 Å². The lowest BCUT2D eigenvalue weighted by atomic mass is 10.3. The summed E-state index contributed by atoms with van der Waals surface area (Å²) < 4.78 is 2.76. The van der Waals surface area contributed by atoms with Gasteiger partial charge in [0.15, 0.2) is 16.6 Å². The monoisotopic (exact) mass is 424 g/mol. The van der Waals surface area contributed by atoms with Gasteiger partial charge < -0.3 is 5.32 Å². The molecule has 0 aliphatic rings. The van der Waals surface area contributed by atoms with Crippen molar-refractivity contribution >= 4 is 61.3 Å². The van der Waals surface area contributed by atoms with Gasteiger partial charge in [-0.3, -0.25) is 4.79 Å². The lowest BCUT2D eigenvalue weighted by Gasteiger charge is -2.03. The minimum absolute atomic E-state index is 0.117. The Morgan fingerprint density at radius 3 is 2.89 bits per heavy atom. The van der Waals surface area contributed by atoms with E-state index in [-0.39, 0.29) is 11.7 Å². The largest absolute Gasteiger partial charge is 0.301 e. The second-order valence-electron chi connectivity index (χ2n) is 5.77. The summed E-state index contributed by atoms with van der Waals surface area (Å²) >= 11 is 4.41. The number of nitrogens with zero attached hydrogens (tertiary/aromatic N) is 5. The van der Waals surface area contributed by atoms with Gasteiger partial charge in [-0.05, 0) is 35.7 Å². The predicted molar refractivity (Wildman–Crippen MR) is 113 cm³/mol. The Labute approximate surface area is 171 Å². The minimum atomic E-state index is -0.117. The molecule has 4 aromatic heterocycles. The lowest BCUT2D eigenvalue weighted by Crippen LogP contribution is -2.14. The number of nitrogens with one attached hydrogen (secondary N) is 1. The molecule has 5 rings (SSSR count). The fraction of sp³-hybridized carbons (Fsp3) is 0.0556. The molecule has 0 bridgehead atoms. The average Bonchev–Trinajstić information content (AvgIpc) is 3.44. The molecule has 7 nitrogen and oxygen atoms in total. The van der Waals surface area contributed by atoms with Crippen LogP contribution in [0.5, 0.6) is 0 Å². The van der Waals surface area contributed by atoms with Crippen molar-refractivity contribution in [3.05, 3.63) is 53.9 Å². The molecule has 0 unspecified atom stereocenters. The van der Waals surface area contributed by atoms with Gasteiger partial charge in [0.2, 0.25) is 5.91 Å². The third kappa shape index (κ3) is 3.37. The average molecular weight is 425 g/mol. The zero-order valence-corrected chi connectivity index (χ0v) is 16.7. The number of fused-ring (bicyclic) bond motifs is 2. The van der Waals surface area contributed by atoms with Crippen molar-refractivity contribution < 1.29 is 4.79 Å². The van der Waals surface area contributed by atoms with Crippen LogP contribution in [0.25, 0.3) is 26.6 Å². The number of amides is 1. The Bertz CT molecular complexity index is 1240. The first-order valence-electron chi connectivity index (χ1n) is 8.31. The van der Waals surface area contributed by atoms with Crippen LogP contribution < -0.4 is 5.32 Å². The van der Waals surface area contributed by atoms with Crippen LogP contribution in [0.4, 0.5) is 5.13 Å². The number of anilines is 1. The van der Waals surface area contributed by atoms with Gasteiger partial charge in [-0.25, -0.2) is 4.98 Å². The van der Waals surface area contributed by atoms with Gasteiger partial charge in [0.05, 0.1) is 20.8 Å². The molecule has 0 radical (unpaired) electrons. The quantitative estimate of drug-likeness (QED) is 0.426. The maximum atomic E-state index is 12.3. The highest BCUT2D eigenvalue weighted by Gasteiger charge is 2.12. The second kappa shape index (κ2) is 7.30. The van der Waals surface area contributed by atoms with E-state index in [1.165, 1.54) is 23.1 Å². The first kappa shape index (κ1) is 17.3. The Morgan fingerprint density at radius 2 is 2.04 bits per heavy atom. The molecule has 0 fully saturated rings. The van der Waals surface area contributed by atoms with E-state index < -0.39 is 0 Å². The smallest absolute Gasteiger partial charge is 0.236 e. The highest BCUT2D eigenvalue weighted by Crippen LogP contribution is 2.26. The maximum absolute atomic E-state index is 12.3. The molecule has 0 spiro atoms. The third-order valence-corrected chi connectivity index (χ3v) is 6.61. The number of rotatable bonds is 5. The Balaban J connectivity index is 1.30. The number of carbonyl (C=O) groups excluding carboxylic acids is 1. The van der Waals surface area contributed by atoms with Crippen LogP contribution in [0.1, 0.15) is 0 Å². The van der Waals surface area contributed by atoms with Gasteiger partial charge in [-0.2, -0.15) is 9.61 Å². The minimum Gasteiger partial charge on any atom is -0.301 e. The highest BCUT2D eigenvalue weighted by atomic mass is 32.2. The van der Waals surface area contributed by atoms with Gasteiger partial charge in [-0.1, -0.05) is 41.3 Å². The summed E-state index contributed by atoms with van der Waals surface area (Å²) in [5.74, 6) is 0.824. The fourth-order valence-corrected chi connectivity index (χ4v) is 4.86. The third-order valence-electron chi connectivity index (χ3n) is 3.87. The Morgan fingerprint density at radius 1 is 1.11 bits per heavy atom. The van der Waals surface area contributed by atoms with Crippen molar-refractivity contribution in [1.29, 1.82) is 0 Å². The maximum Gasteiger partial charge on any atom is 0.236 e. The van der Waals surface area contributed by atoms with Crippen LogP contribution in [-0.2, 0) is 4.79 Å². The van der Waals surface area contributed by atoms with E-state index in [0.29, 0.717) is 16.6 Å². The standard InChI is InChI=1S/C18H12N6OS3/c25-15(20-18-19-11-4-1-2-5-12(11)28-18)10-27-16-8-7-14-21-22-17(24(14)23-16)13-6-3-9-26-13/h1-9H,10H2,(H,19,20,25). The van der Waals surface area contributed by atoms with Gasteiger partial charge in [0.1, 0.15) is 5.03 Å². The summed E-state index contributed by atoms with van der Waals surface area (Å²) in [7, 11) is 0. The molecular weight excluding hydrogens is 412 g/mol. The molecular formula is C18H12N6OS3. The molecule has 4 heterocycles. The van der Waals surface area contributed by atoms with E-state index in [1.54, 1.807) is 15.9 Å². The normalized spacial score (nSPS) is 11.3. The molecule has 1 amide bonds. The molecule has 0 aliphatic carbocycles. The summed E-state index contributed by atoms with van der Waals surface area (Å²) in [6.07, 6.45) is 0. The number of para-hydroxylation sites is 1. The van der Waals surface area contributed by atoms with Crippen molar-refractivity contribution in [3.63, 3.8) is 0 Å². The summed E-state index contributed by atoms with van der Waals surface area (Å²) in [5, 5.41) is 19.1. The molecule has 28 heavy (non-hydrogen) atoms. The van der Waals surface area contributed by atoms with Crippen LogP contribution in [0.3, 0.4) is 0 Å². The van der Waals surface area contributed by atoms with Crippen molar-refractivity contribution in [2.45, 2.75) is 5.03 Å². The van der Waals surface area contributed by atoms with Crippen LogP contribution in [-0.4, -0.2) is 36.5 Å². The van der Waals surface area contributed by atoms with E-state index >= 15 is 0 Å². The fourth-order valence-electron chi connectivity index (χ4n) is 2.63. The zero-order valence-electron chi connectivity index (χ0n) is 14.3. The molecule has 0 aliphatic heterocycles. The van der Waals surface area contributed by atoms with Crippen molar-refractivity contribution in [2.24, 2.45) is 0 Å². The summed E-state index contributed by atoms with van der Waals surface area (Å²) in [4.78, 5) is 17.7. The van der Waals surface area contributed by atoms with Crippen LogP contribution in [0.2, 0.25) is 0 Å². The van der Waals surface area contributed by atoms with Gasteiger partial charge in [-0.15, -0.1) is 21.5 Å². The summed E-state index contributed by atoms with van der Waals surface area (Å²) in [5.41, 5.74) is 1.56. The molecule has 0 saturated carbocycles. The molecule has 1 N–H and O–H groups in total. The zero-order chi connectivity index (χ0) is 18.9. The van der Waals surface area contributed by atoms with Crippen LogP contribution >= 0.6 is 34.4 Å². The van der Waals surface area contributed by atoms with Crippen LogP contribution in [0, 0.1) is 0 Å². The van der Waals surface area contributed by atoms with Crippen LogP contribution in [0.15, 0.2) is 58.9 Å². The van der Waals surface area contributed by atoms with E-state index in [0.717, 1.165) is 20.1 Å². The van der Waals surface area contributed by atoms with Gasteiger partial charge >= 0.3 is 0 Å². The first-order chi connectivity index (χ1) is 13.8. The first-order valence-corrected chi connectivity index (χ1v) is 11.0. The Hall–Kier alpha value is -2.82. The van der Waals surface area contributed by atoms with Crippen molar-refractivity contribution in [2.75, 3.05) is 11.1 Å². The number of thioether (sulfide) groups is 1. The molecule has 138 valence electrons. The molecule has 5 aromatic rings. The number of hydrogen-bond acceptors (Lipinski definition) is 8. The molecule has 1 aromatic carbocycles. The van der Waals surface area contributed by atoms with E-state index in [9.17, 15) is 4.79 Å². The van der Waals surface area contributed by atoms with Gasteiger partial charge in [0.25, 0.3) is 0 Å². The number of benzene rings is 1. The molecule has 0 saturated heterocycles. The second-order valence-corrected chi connectivity index (χ2v) is 8.74. The topological polar surface area (TPSA) is 85.1 Å². The lowest BCUT2D eigenvalue weighted by molar-refractivity contribution is -0.113. The van der Waals surface area contributed by atoms with Gasteiger partial charge in [0, 0.05) is 0 Å². The molecule has 0 atom stereocenters. The van der Waals surface area contributed by atoms with Crippen molar-refractivity contribution in [3.8, 4) is 10.7 Å².